The fourth-order valence-corrected chi connectivity index (χ4v) is 4.53. The highest BCUT2D eigenvalue weighted by atomic mass is 16.5. The van der Waals surface area contributed by atoms with Crippen LogP contribution in [0.2, 0.25) is 0 Å². The lowest BCUT2D eigenvalue weighted by atomic mass is 9.89. The number of hydrogen-bond donors (Lipinski definition) is 2. The van der Waals surface area contributed by atoms with Crippen molar-refractivity contribution in [2.45, 2.75) is 0 Å². The molecule has 1 amide bonds. The maximum atomic E-state index is 12.8. The van der Waals surface area contributed by atoms with E-state index in [1.807, 2.05) is 74.1 Å². The number of nitrogens with one attached hydrogen (secondary N) is 1. The molecule has 0 bridgehead atoms. The van der Waals surface area contributed by atoms with Crippen molar-refractivity contribution in [3.05, 3.63) is 71.1 Å². The highest BCUT2D eigenvalue weighted by Crippen LogP contribution is 2.42. The van der Waals surface area contributed by atoms with Crippen LogP contribution in [0.1, 0.15) is 20.7 Å². The third-order valence-electron chi connectivity index (χ3n) is 6.66. The van der Waals surface area contributed by atoms with Gasteiger partial charge in [-0.3, -0.25) is 4.79 Å². The molecular weight excluding hydrogens is 524 g/mol. The van der Waals surface area contributed by atoms with Gasteiger partial charge in [-0.15, -0.1) is 0 Å². The molecule has 41 heavy (non-hydrogen) atoms. The minimum Gasteiger partial charge on any atom is -0.545 e. The lowest BCUT2D eigenvalue weighted by Crippen LogP contribution is -2.29. The van der Waals surface area contributed by atoms with Crippen LogP contribution in [0, 0.1) is 0 Å². The van der Waals surface area contributed by atoms with E-state index in [-0.39, 0.29) is 17.7 Å². The number of nitrogens with zero attached hydrogens (tertiary/aromatic N) is 2. The van der Waals surface area contributed by atoms with E-state index in [4.69, 9.17) is 19.6 Å². The van der Waals surface area contributed by atoms with Crippen LogP contribution < -0.4 is 31.0 Å². The molecule has 0 radical (unpaired) electrons. The average Bonchev–Trinajstić information content (AvgIpc) is 2.96. The number of rotatable bonds is 12. The van der Waals surface area contributed by atoms with Crippen molar-refractivity contribution in [3.8, 4) is 22.5 Å². The highest BCUT2D eigenvalue weighted by Gasteiger charge is 2.22. The van der Waals surface area contributed by atoms with Crippen molar-refractivity contribution in [1.29, 1.82) is 0 Å². The topological polar surface area (TPSA) is 133 Å². The number of carboxylic acids is 1. The molecule has 10 nitrogen and oxygen atoms in total. The molecule has 4 rings (SSSR count). The molecule has 2 aromatic carbocycles. The number of benzene rings is 3. The Morgan fingerprint density at radius 3 is 2.37 bits per heavy atom. The Balaban J connectivity index is 1.72. The van der Waals surface area contributed by atoms with Gasteiger partial charge in [-0.25, -0.2) is 4.58 Å². The summed E-state index contributed by atoms with van der Waals surface area (Å²) in [5.74, 6) is -1.19. The number of ether oxygens (including phenoxy) is 2. The summed E-state index contributed by atoms with van der Waals surface area (Å²) >= 11 is 0. The summed E-state index contributed by atoms with van der Waals surface area (Å²) in [4.78, 5) is 27.2. The van der Waals surface area contributed by atoms with Gasteiger partial charge in [0.05, 0.1) is 38.5 Å². The van der Waals surface area contributed by atoms with Crippen LogP contribution in [0.4, 0.5) is 5.69 Å². The second-order valence-electron chi connectivity index (χ2n) is 9.94. The quantitative estimate of drug-likeness (QED) is 0.151. The molecule has 3 N–H and O–H groups in total. The molecule has 0 aromatic heterocycles. The van der Waals surface area contributed by atoms with Crippen LogP contribution in [0.15, 0.2) is 59.0 Å². The standard InChI is InChI=1S/C31H36N4O6/c1-34(2)21-6-9-24-27(18-21)41-28-19-22(35(3)4)7-10-25(28)29(24)23-8-5-20(17-26(23)31(37)38)30(36)33-12-14-40-16-15-39-13-11-32/h5-10,17-19H,11-16,32H2,1-4H3,(H-,33,36,37,38). The number of amides is 1. The summed E-state index contributed by atoms with van der Waals surface area (Å²) < 4.78 is 19.0. The van der Waals surface area contributed by atoms with Crippen molar-refractivity contribution in [1.82, 2.24) is 9.89 Å². The molecule has 1 heterocycles. The first-order valence-corrected chi connectivity index (χ1v) is 13.4. The predicted molar refractivity (Wildman–Crippen MR) is 157 cm³/mol. The summed E-state index contributed by atoms with van der Waals surface area (Å²) in [6.07, 6.45) is 0. The second kappa shape index (κ2) is 13.4. The number of aromatic carboxylic acids is 1. The summed E-state index contributed by atoms with van der Waals surface area (Å²) in [7, 11) is 7.76. The van der Waals surface area contributed by atoms with Crippen LogP contribution in [-0.4, -0.2) is 79.6 Å². The zero-order valence-corrected chi connectivity index (χ0v) is 23.9. The number of anilines is 1. The van der Waals surface area contributed by atoms with Gasteiger partial charge in [0.2, 0.25) is 5.36 Å². The Labute approximate surface area is 238 Å². The molecule has 1 aliphatic heterocycles. The van der Waals surface area contributed by atoms with Gasteiger partial charge in [-0.1, -0.05) is 6.07 Å². The number of fused-ring (bicyclic) bond motifs is 2. The normalized spacial score (nSPS) is 11.1. The van der Waals surface area contributed by atoms with Crippen LogP contribution in [0.5, 0.6) is 0 Å². The number of nitrogens with two attached hydrogens (primary N) is 1. The minimum absolute atomic E-state index is 0.0897. The maximum absolute atomic E-state index is 12.8. The van der Waals surface area contributed by atoms with E-state index < -0.39 is 11.9 Å². The first-order valence-electron chi connectivity index (χ1n) is 13.4. The second-order valence-corrected chi connectivity index (χ2v) is 9.94. The molecule has 2 aliphatic rings. The van der Waals surface area contributed by atoms with Gasteiger partial charge in [-0.2, -0.15) is 0 Å². The molecule has 216 valence electrons. The number of carbonyl (C=O) groups excluding carboxylic acids is 2. The third-order valence-corrected chi connectivity index (χ3v) is 6.66. The number of carboxylic acid groups (broad SMARTS) is 1. The van der Waals surface area contributed by atoms with E-state index in [9.17, 15) is 14.7 Å². The molecule has 1 aliphatic carbocycles. The van der Waals surface area contributed by atoms with Crippen LogP contribution in [0.3, 0.4) is 0 Å². The van der Waals surface area contributed by atoms with E-state index >= 15 is 0 Å². The zero-order chi connectivity index (χ0) is 29.5. The Morgan fingerprint density at radius 1 is 0.951 bits per heavy atom. The van der Waals surface area contributed by atoms with Gasteiger partial charge in [-0.05, 0) is 35.9 Å². The summed E-state index contributed by atoms with van der Waals surface area (Å²) in [6.45, 7) is 2.27. The van der Waals surface area contributed by atoms with E-state index in [0.717, 1.165) is 22.0 Å². The molecule has 2 aromatic rings. The van der Waals surface area contributed by atoms with Crippen molar-refractivity contribution < 1.29 is 28.6 Å². The number of hydrogen-bond acceptors (Lipinski definition) is 8. The van der Waals surface area contributed by atoms with Gasteiger partial charge in [0.1, 0.15) is 25.4 Å². The molecular formula is C31H36N4O6. The Morgan fingerprint density at radius 2 is 1.68 bits per heavy atom. The molecule has 10 heteroatoms. The summed E-state index contributed by atoms with van der Waals surface area (Å²) in [5, 5.41) is 16.9. The minimum atomic E-state index is -1.38. The zero-order valence-electron chi connectivity index (χ0n) is 23.9. The smallest absolute Gasteiger partial charge is 0.251 e. The Hall–Kier alpha value is -4.25. The Bertz CT molecular complexity index is 1590. The van der Waals surface area contributed by atoms with E-state index in [1.54, 1.807) is 12.1 Å². The lowest BCUT2D eigenvalue weighted by molar-refractivity contribution is -0.254. The third kappa shape index (κ3) is 6.91. The van der Waals surface area contributed by atoms with E-state index in [0.29, 0.717) is 55.4 Å². The predicted octanol–water partition coefficient (Wildman–Crippen LogP) is 1.39. The van der Waals surface area contributed by atoms with Gasteiger partial charge in [0, 0.05) is 72.6 Å². The monoisotopic (exact) mass is 560 g/mol. The summed E-state index contributed by atoms with van der Waals surface area (Å²) in [5.41, 5.74) is 8.90. The van der Waals surface area contributed by atoms with Crippen LogP contribution >= 0.6 is 0 Å². The van der Waals surface area contributed by atoms with Gasteiger partial charge >= 0.3 is 0 Å². The molecule has 0 spiro atoms. The van der Waals surface area contributed by atoms with Crippen LogP contribution in [0.25, 0.3) is 33.4 Å². The van der Waals surface area contributed by atoms with Crippen molar-refractivity contribution in [2.75, 3.05) is 72.6 Å². The van der Waals surface area contributed by atoms with E-state index in [1.165, 1.54) is 6.07 Å². The van der Waals surface area contributed by atoms with Crippen molar-refractivity contribution in [2.24, 2.45) is 5.73 Å². The SMILES string of the molecule is CN(C)c1ccc2c(-c3ccc(C(=O)NCCOCCOCCN)cc3C(=O)[O-])c3ccc(=[N+](C)C)cc-3oc2c1. The molecule has 0 fully saturated rings. The highest BCUT2D eigenvalue weighted by molar-refractivity contribution is 6.08. The van der Waals surface area contributed by atoms with Crippen molar-refractivity contribution >= 4 is 28.5 Å². The van der Waals surface area contributed by atoms with Crippen molar-refractivity contribution in [3.63, 3.8) is 0 Å². The summed E-state index contributed by atoms with van der Waals surface area (Å²) in [6, 6.07) is 16.2. The van der Waals surface area contributed by atoms with Gasteiger partial charge in [0.15, 0.2) is 0 Å². The maximum Gasteiger partial charge on any atom is 0.251 e. The molecule has 0 saturated carbocycles. The Kier molecular flexibility index (Phi) is 9.72. The first-order chi connectivity index (χ1) is 19.7. The lowest BCUT2D eigenvalue weighted by Gasteiger charge is -2.20. The van der Waals surface area contributed by atoms with Gasteiger partial charge in [0.25, 0.3) is 5.91 Å². The fraction of sp³-hybridized carbons (Fsp3) is 0.323. The molecule has 0 unspecified atom stereocenters. The number of carbonyl (C=O) groups is 2. The van der Waals surface area contributed by atoms with E-state index in [2.05, 4.69) is 5.32 Å². The van der Waals surface area contributed by atoms with Gasteiger partial charge < -0.3 is 39.7 Å². The first kappa shape index (κ1) is 29.7. The fourth-order valence-electron chi connectivity index (χ4n) is 4.53. The van der Waals surface area contributed by atoms with Crippen LogP contribution in [-0.2, 0) is 9.47 Å². The average molecular weight is 561 g/mol. The molecule has 0 atom stereocenters. The largest absolute Gasteiger partial charge is 0.545 e. The molecule has 0 saturated heterocycles.